The predicted octanol–water partition coefficient (Wildman–Crippen LogP) is 3.37. The molecule has 0 bridgehead atoms. The molecule has 0 aliphatic rings. The second-order valence-electron chi connectivity index (χ2n) is 5.71. The van der Waals surface area contributed by atoms with Gasteiger partial charge in [0, 0.05) is 24.4 Å². The minimum Gasteiger partial charge on any atom is -0.496 e. The van der Waals surface area contributed by atoms with Crippen LogP contribution < -0.4 is 10.1 Å². The van der Waals surface area contributed by atoms with Crippen LogP contribution in [0.1, 0.15) is 24.2 Å². The van der Waals surface area contributed by atoms with E-state index in [9.17, 15) is 0 Å². The molecule has 2 aromatic heterocycles. The van der Waals surface area contributed by atoms with Gasteiger partial charge in [0.1, 0.15) is 11.6 Å². The van der Waals surface area contributed by atoms with Crippen molar-refractivity contribution >= 4 is 5.82 Å². The van der Waals surface area contributed by atoms with Crippen LogP contribution in [0.3, 0.4) is 0 Å². The van der Waals surface area contributed by atoms with E-state index in [1.165, 1.54) is 0 Å². The van der Waals surface area contributed by atoms with Crippen molar-refractivity contribution in [2.45, 2.75) is 19.9 Å². The summed E-state index contributed by atoms with van der Waals surface area (Å²) in [5.74, 6) is 1.51. The molecular weight excluding hydrogens is 302 g/mol. The largest absolute Gasteiger partial charge is 0.496 e. The normalized spacial score (nSPS) is 12.0. The van der Waals surface area contributed by atoms with E-state index in [1.54, 1.807) is 7.11 Å². The summed E-state index contributed by atoms with van der Waals surface area (Å²) in [4.78, 5) is 0. The molecule has 0 saturated heterocycles. The van der Waals surface area contributed by atoms with E-state index in [-0.39, 0.29) is 6.04 Å². The Kier molecular flexibility index (Phi) is 4.46. The molecule has 2 heterocycles. The Labute approximate surface area is 141 Å². The van der Waals surface area contributed by atoms with Crippen LogP contribution in [0, 0.1) is 6.92 Å². The van der Waals surface area contributed by atoms with Gasteiger partial charge >= 0.3 is 0 Å². The highest BCUT2D eigenvalue weighted by atomic mass is 16.5. The maximum Gasteiger partial charge on any atom is 0.149 e. The Hall–Kier alpha value is -2.89. The number of para-hydroxylation sites is 1. The lowest BCUT2D eigenvalue weighted by molar-refractivity contribution is 0.416. The Morgan fingerprint density at radius 1 is 1.12 bits per heavy atom. The summed E-state index contributed by atoms with van der Waals surface area (Å²) in [6.07, 6.45) is 2.02. The SMILES string of the molecule is COc1ccccc1-c1ccc(N[C@H](C)c2cn(C)nc2C)nn1. The van der Waals surface area contributed by atoms with E-state index in [2.05, 4.69) is 27.5 Å². The Balaban J connectivity index is 1.78. The predicted molar refractivity (Wildman–Crippen MR) is 94.0 cm³/mol. The van der Waals surface area contributed by atoms with Crippen molar-refractivity contribution < 1.29 is 4.74 Å². The van der Waals surface area contributed by atoms with Gasteiger partial charge in [-0.3, -0.25) is 4.68 Å². The van der Waals surface area contributed by atoms with Crippen LogP contribution in [-0.4, -0.2) is 27.1 Å². The molecule has 1 atom stereocenters. The summed E-state index contributed by atoms with van der Waals surface area (Å²) in [5, 5.41) is 16.3. The molecule has 0 unspecified atom stereocenters. The van der Waals surface area contributed by atoms with Crippen molar-refractivity contribution in [2.75, 3.05) is 12.4 Å². The smallest absolute Gasteiger partial charge is 0.149 e. The zero-order chi connectivity index (χ0) is 17.1. The van der Waals surface area contributed by atoms with Crippen LogP contribution in [-0.2, 0) is 7.05 Å². The van der Waals surface area contributed by atoms with E-state index in [0.717, 1.165) is 34.1 Å². The van der Waals surface area contributed by atoms with Gasteiger partial charge in [-0.2, -0.15) is 5.10 Å². The zero-order valence-electron chi connectivity index (χ0n) is 14.3. The minimum absolute atomic E-state index is 0.102. The summed E-state index contributed by atoms with van der Waals surface area (Å²) >= 11 is 0. The second-order valence-corrected chi connectivity index (χ2v) is 5.71. The van der Waals surface area contributed by atoms with Gasteiger partial charge in [-0.05, 0) is 38.1 Å². The number of nitrogens with one attached hydrogen (secondary N) is 1. The standard InChI is InChI=1S/C18H21N5O/c1-12(15-11-23(3)22-13(15)2)19-18-10-9-16(20-21-18)14-7-5-6-8-17(14)24-4/h5-12H,1-4H3,(H,19,21)/t12-/m1/s1. The molecule has 0 spiro atoms. The molecule has 24 heavy (non-hydrogen) atoms. The van der Waals surface area contributed by atoms with Crippen LogP contribution in [0.15, 0.2) is 42.6 Å². The molecule has 0 fully saturated rings. The van der Waals surface area contributed by atoms with Gasteiger partial charge in [-0.25, -0.2) is 0 Å². The Morgan fingerprint density at radius 2 is 1.92 bits per heavy atom. The number of rotatable bonds is 5. The molecular formula is C18H21N5O. The van der Waals surface area contributed by atoms with Crippen molar-refractivity contribution in [3.05, 3.63) is 53.9 Å². The summed E-state index contributed by atoms with van der Waals surface area (Å²) < 4.78 is 7.19. The van der Waals surface area contributed by atoms with E-state index in [1.807, 2.05) is 61.2 Å². The molecule has 6 nitrogen and oxygen atoms in total. The van der Waals surface area contributed by atoms with Gasteiger partial charge in [0.2, 0.25) is 0 Å². The number of benzene rings is 1. The minimum atomic E-state index is 0.102. The van der Waals surface area contributed by atoms with Gasteiger partial charge in [-0.15, -0.1) is 10.2 Å². The third-order valence-electron chi connectivity index (χ3n) is 3.93. The fourth-order valence-corrected chi connectivity index (χ4v) is 2.75. The molecule has 0 amide bonds. The maximum atomic E-state index is 5.38. The number of anilines is 1. The molecule has 6 heteroatoms. The highest BCUT2D eigenvalue weighted by Gasteiger charge is 2.13. The molecule has 0 radical (unpaired) electrons. The number of aromatic nitrogens is 4. The Morgan fingerprint density at radius 3 is 2.54 bits per heavy atom. The van der Waals surface area contributed by atoms with Crippen molar-refractivity contribution in [3.8, 4) is 17.0 Å². The molecule has 3 rings (SSSR count). The topological polar surface area (TPSA) is 64.9 Å². The number of hydrogen-bond donors (Lipinski definition) is 1. The monoisotopic (exact) mass is 323 g/mol. The lowest BCUT2D eigenvalue weighted by Gasteiger charge is -2.14. The third-order valence-corrected chi connectivity index (χ3v) is 3.93. The van der Waals surface area contributed by atoms with Gasteiger partial charge in [-0.1, -0.05) is 12.1 Å². The van der Waals surface area contributed by atoms with Crippen LogP contribution >= 0.6 is 0 Å². The van der Waals surface area contributed by atoms with Gasteiger partial charge in [0.25, 0.3) is 0 Å². The number of methoxy groups -OCH3 is 1. The molecule has 1 aromatic carbocycles. The highest BCUT2D eigenvalue weighted by Crippen LogP contribution is 2.28. The summed E-state index contributed by atoms with van der Waals surface area (Å²) in [6.45, 7) is 4.09. The number of nitrogens with zero attached hydrogens (tertiary/aromatic N) is 4. The first-order valence-electron chi connectivity index (χ1n) is 7.82. The zero-order valence-corrected chi connectivity index (χ0v) is 14.3. The average molecular weight is 323 g/mol. The maximum absolute atomic E-state index is 5.38. The van der Waals surface area contributed by atoms with E-state index >= 15 is 0 Å². The fraction of sp³-hybridized carbons (Fsp3) is 0.278. The fourth-order valence-electron chi connectivity index (χ4n) is 2.75. The molecule has 0 aliphatic carbocycles. The molecule has 0 aliphatic heterocycles. The molecule has 124 valence electrons. The molecule has 3 aromatic rings. The van der Waals surface area contributed by atoms with Gasteiger partial charge in [0.15, 0.2) is 0 Å². The number of ether oxygens (including phenoxy) is 1. The molecule has 1 N–H and O–H groups in total. The number of hydrogen-bond acceptors (Lipinski definition) is 5. The van der Waals surface area contributed by atoms with Crippen LogP contribution in [0.25, 0.3) is 11.3 Å². The third kappa shape index (κ3) is 3.22. The first-order chi connectivity index (χ1) is 11.6. The number of aryl methyl sites for hydroxylation is 2. The van der Waals surface area contributed by atoms with E-state index < -0.39 is 0 Å². The van der Waals surface area contributed by atoms with Crippen molar-refractivity contribution in [3.63, 3.8) is 0 Å². The van der Waals surface area contributed by atoms with Gasteiger partial charge in [0.05, 0.1) is 24.5 Å². The lowest BCUT2D eigenvalue weighted by Crippen LogP contribution is -2.09. The average Bonchev–Trinajstić information content (AvgIpc) is 2.94. The Bertz CT molecular complexity index is 826. The highest BCUT2D eigenvalue weighted by molar-refractivity contribution is 5.67. The van der Waals surface area contributed by atoms with Gasteiger partial charge < -0.3 is 10.1 Å². The second kappa shape index (κ2) is 6.70. The lowest BCUT2D eigenvalue weighted by atomic mass is 10.1. The first-order valence-corrected chi connectivity index (χ1v) is 7.82. The molecule has 0 saturated carbocycles. The summed E-state index contributed by atoms with van der Waals surface area (Å²) in [7, 11) is 3.57. The van der Waals surface area contributed by atoms with E-state index in [4.69, 9.17) is 4.74 Å². The van der Waals surface area contributed by atoms with E-state index in [0.29, 0.717) is 0 Å². The van der Waals surface area contributed by atoms with Crippen molar-refractivity contribution in [1.29, 1.82) is 0 Å². The van der Waals surface area contributed by atoms with Crippen molar-refractivity contribution in [2.24, 2.45) is 7.05 Å². The van der Waals surface area contributed by atoms with Crippen LogP contribution in [0.5, 0.6) is 5.75 Å². The quantitative estimate of drug-likeness (QED) is 0.780. The van der Waals surface area contributed by atoms with Crippen molar-refractivity contribution in [1.82, 2.24) is 20.0 Å². The van der Waals surface area contributed by atoms with Crippen LogP contribution in [0.4, 0.5) is 5.82 Å². The first kappa shape index (κ1) is 16.0. The summed E-state index contributed by atoms with van der Waals surface area (Å²) in [6, 6.07) is 11.7. The summed E-state index contributed by atoms with van der Waals surface area (Å²) in [5.41, 5.74) is 3.86. The van der Waals surface area contributed by atoms with Crippen LogP contribution in [0.2, 0.25) is 0 Å².